The van der Waals surface area contributed by atoms with Crippen LogP contribution in [0.5, 0.6) is 0 Å². The maximum atomic E-state index is 12.9. The van der Waals surface area contributed by atoms with Gasteiger partial charge in [0.05, 0.1) is 5.75 Å². The third kappa shape index (κ3) is 3.93. The topological polar surface area (TPSA) is 46.2 Å². The molecule has 0 bridgehead atoms. The molecule has 1 atom stereocenters. The van der Waals surface area contributed by atoms with Crippen molar-refractivity contribution in [3.8, 4) is 0 Å². The highest BCUT2D eigenvalue weighted by Gasteiger charge is 2.34. The molecule has 0 radical (unpaired) electrons. The Kier molecular flexibility index (Phi) is 4.27. The van der Waals surface area contributed by atoms with Gasteiger partial charge < -0.3 is 0 Å². The van der Waals surface area contributed by atoms with Crippen LogP contribution in [0.25, 0.3) is 0 Å². The summed E-state index contributed by atoms with van der Waals surface area (Å²) in [6.07, 6.45) is 2.08. The average Bonchev–Trinajstić information content (AvgIpc) is 3.33. The largest absolute Gasteiger partial charge is 0.216 e. The summed E-state index contributed by atoms with van der Waals surface area (Å²) >= 11 is 0. The summed E-state index contributed by atoms with van der Waals surface area (Å²) in [5.74, 6) is -0.136. The van der Waals surface area contributed by atoms with E-state index in [9.17, 15) is 12.8 Å². The van der Waals surface area contributed by atoms with Crippen molar-refractivity contribution in [3.63, 3.8) is 0 Å². The van der Waals surface area contributed by atoms with Gasteiger partial charge in [-0.3, -0.25) is 0 Å². The van der Waals surface area contributed by atoms with Crippen molar-refractivity contribution in [3.05, 3.63) is 71.5 Å². The van der Waals surface area contributed by atoms with Crippen LogP contribution in [-0.4, -0.2) is 8.42 Å². The Hall–Kier alpha value is -1.72. The maximum absolute atomic E-state index is 12.9. The first-order valence-corrected chi connectivity index (χ1v) is 8.98. The van der Waals surface area contributed by atoms with Crippen molar-refractivity contribution < 1.29 is 12.8 Å². The Morgan fingerprint density at radius 3 is 2.27 bits per heavy atom. The molecule has 3 rings (SSSR count). The van der Waals surface area contributed by atoms with E-state index in [2.05, 4.69) is 4.72 Å². The molecule has 1 N–H and O–H groups in total. The lowest BCUT2D eigenvalue weighted by atomic mass is 10.0. The second-order valence-electron chi connectivity index (χ2n) is 5.73. The summed E-state index contributed by atoms with van der Waals surface area (Å²) in [5, 5.41) is 0. The van der Waals surface area contributed by atoms with Gasteiger partial charge in [-0.05, 0) is 42.0 Å². The summed E-state index contributed by atoms with van der Waals surface area (Å²) in [4.78, 5) is 0. The molecule has 1 fully saturated rings. The van der Waals surface area contributed by atoms with Crippen LogP contribution >= 0.6 is 0 Å². The fourth-order valence-electron chi connectivity index (χ4n) is 2.56. The molecule has 0 amide bonds. The van der Waals surface area contributed by atoms with Gasteiger partial charge in [0.15, 0.2) is 0 Å². The lowest BCUT2D eigenvalue weighted by Gasteiger charge is -2.19. The molecule has 0 saturated heterocycles. The summed E-state index contributed by atoms with van der Waals surface area (Å²) in [5.41, 5.74) is 1.57. The van der Waals surface area contributed by atoms with Crippen LogP contribution in [0.2, 0.25) is 0 Å². The summed E-state index contributed by atoms with van der Waals surface area (Å²) in [6, 6.07) is 15.0. The van der Waals surface area contributed by atoms with Crippen molar-refractivity contribution in [2.24, 2.45) is 5.92 Å². The maximum Gasteiger partial charge on any atom is 0.216 e. The van der Waals surface area contributed by atoms with Gasteiger partial charge >= 0.3 is 0 Å². The molecular weight excluding hydrogens is 301 g/mol. The molecule has 2 aromatic rings. The van der Waals surface area contributed by atoms with E-state index in [4.69, 9.17) is 0 Å². The van der Waals surface area contributed by atoms with E-state index in [1.165, 1.54) is 24.3 Å². The molecule has 1 saturated carbocycles. The lowest BCUT2D eigenvalue weighted by Crippen LogP contribution is -2.31. The molecule has 2 aromatic carbocycles. The molecular formula is C17H18FNO2S. The van der Waals surface area contributed by atoms with Gasteiger partial charge in [0.1, 0.15) is 5.82 Å². The lowest BCUT2D eigenvalue weighted by molar-refractivity contribution is 0.528. The van der Waals surface area contributed by atoms with Crippen molar-refractivity contribution in [1.82, 2.24) is 4.72 Å². The van der Waals surface area contributed by atoms with Crippen LogP contribution in [0.3, 0.4) is 0 Å². The number of hydrogen-bond acceptors (Lipinski definition) is 2. The minimum atomic E-state index is -3.47. The van der Waals surface area contributed by atoms with Gasteiger partial charge in [-0.1, -0.05) is 42.5 Å². The standard InChI is InChI=1S/C17H18FNO2S/c18-16-10-6-13(7-11-16)12-22(20,21)19-17(15-8-9-15)14-4-2-1-3-5-14/h1-7,10-11,15,17,19H,8-9,12H2. The quantitative estimate of drug-likeness (QED) is 0.887. The van der Waals surface area contributed by atoms with Crippen LogP contribution in [0.4, 0.5) is 4.39 Å². The third-order valence-corrected chi connectivity index (χ3v) is 5.15. The molecule has 3 nitrogen and oxygen atoms in total. The number of benzene rings is 2. The zero-order chi connectivity index (χ0) is 15.6. The predicted molar refractivity (Wildman–Crippen MR) is 84.1 cm³/mol. The van der Waals surface area contributed by atoms with E-state index in [1.54, 1.807) is 0 Å². The Balaban J connectivity index is 1.75. The first kappa shape index (κ1) is 15.2. The highest BCUT2D eigenvalue weighted by molar-refractivity contribution is 7.88. The SMILES string of the molecule is O=S(=O)(Cc1ccc(F)cc1)NC(c1ccccc1)C1CC1. The highest BCUT2D eigenvalue weighted by atomic mass is 32.2. The van der Waals surface area contributed by atoms with Crippen LogP contribution in [0.1, 0.15) is 30.0 Å². The molecule has 22 heavy (non-hydrogen) atoms. The van der Waals surface area contributed by atoms with Crippen LogP contribution in [-0.2, 0) is 15.8 Å². The molecule has 1 aliphatic rings. The van der Waals surface area contributed by atoms with E-state index < -0.39 is 10.0 Å². The Labute approximate surface area is 130 Å². The molecule has 0 aliphatic heterocycles. The van der Waals surface area contributed by atoms with Gasteiger partial charge in [-0.2, -0.15) is 0 Å². The van der Waals surface area contributed by atoms with Crippen molar-refractivity contribution in [1.29, 1.82) is 0 Å². The fourth-order valence-corrected chi connectivity index (χ4v) is 3.99. The van der Waals surface area contributed by atoms with Gasteiger partial charge in [-0.25, -0.2) is 17.5 Å². The van der Waals surface area contributed by atoms with Crippen LogP contribution in [0, 0.1) is 11.7 Å². The first-order chi connectivity index (χ1) is 10.5. The molecule has 0 aromatic heterocycles. The molecule has 116 valence electrons. The van der Waals surface area contributed by atoms with Crippen molar-refractivity contribution in [2.75, 3.05) is 0 Å². The van der Waals surface area contributed by atoms with E-state index in [1.807, 2.05) is 30.3 Å². The van der Waals surface area contributed by atoms with E-state index in [0.717, 1.165) is 18.4 Å². The summed E-state index contributed by atoms with van der Waals surface area (Å²) < 4.78 is 40.5. The minimum Gasteiger partial charge on any atom is -0.212 e. The van der Waals surface area contributed by atoms with Gasteiger partial charge in [0.2, 0.25) is 10.0 Å². The molecule has 1 aliphatic carbocycles. The van der Waals surface area contributed by atoms with Gasteiger partial charge in [0, 0.05) is 6.04 Å². The highest BCUT2D eigenvalue weighted by Crippen LogP contribution is 2.41. The zero-order valence-electron chi connectivity index (χ0n) is 12.1. The van der Waals surface area contributed by atoms with E-state index in [0.29, 0.717) is 11.5 Å². The van der Waals surface area contributed by atoms with E-state index in [-0.39, 0.29) is 17.6 Å². The van der Waals surface area contributed by atoms with E-state index >= 15 is 0 Å². The van der Waals surface area contributed by atoms with Crippen LogP contribution < -0.4 is 4.72 Å². The smallest absolute Gasteiger partial charge is 0.212 e. The summed E-state index contributed by atoms with van der Waals surface area (Å²) in [6.45, 7) is 0. The normalized spacial score (nSPS) is 16.4. The Bertz CT molecular complexity index is 725. The number of halogens is 1. The molecule has 5 heteroatoms. The monoisotopic (exact) mass is 319 g/mol. The number of nitrogens with one attached hydrogen (secondary N) is 1. The molecule has 0 spiro atoms. The van der Waals surface area contributed by atoms with Gasteiger partial charge in [-0.15, -0.1) is 0 Å². The summed E-state index contributed by atoms with van der Waals surface area (Å²) in [7, 11) is -3.47. The van der Waals surface area contributed by atoms with Gasteiger partial charge in [0.25, 0.3) is 0 Å². The second kappa shape index (κ2) is 6.18. The minimum absolute atomic E-state index is 0.136. The van der Waals surface area contributed by atoms with Crippen molar-refractivity contribution in [2.45, 2.75) is 24.6 Å². The molecule has 1 unspecified atom stereocenters. The first-order valence-electron chi connectivity index (χ1n) is 7.33. The number of hydrogen-bond donors (Lipinski definition) is 1. The number of sulfonamides is 1. The predicted octanol–water partition coefficient (Wildman–Crippen LogP) is 3.40. The third-order valence-electron chi connectivity index (χ3n) is 3.83. The zero-order valence-corrected chi connectivity index (χ0v) is 12.9. The average molecular weight is 319 g/mol. The Morgan fingerprint density at radius 1 is 1.05 bits per heavy atom. The second-order valence-corrected chi connectivity index (χ2v) is 7.48. The Morgan fingerprint density at radius 2 is 1.68 bits per heavy atom. The fraction of sp³-hybridized carbons (Fsp3) is 0.294. The van der Waals surface area contributed by atoms with Crippen LogP contribution in [0.15, 0.2) is 54.6 Å². The molecule has 0 heterocycles. The van der Waals surface area contributed by atoms with Crippen molar-refractivity contribution >= 4 is 10.0 Å². The number of rotatable bonds is 6.